The van der Waals surface area contributed by atoms with Gasteiger partial charge in [0.05, 0.1) is 17.3 Å². The molecule has 0 radical (unpaired) electrons. The highest BCUT2D eigenvalue weighted by Crippen LogP contribution is 2.17. The molecule has 0 bridgehead atoms. The first kappa shape index (κ1) is 12.5. The smallest absolute Gasteiger partial charge is 0.147 e. The van der Waals surface area contributed by atoms with Gasteiger partial charge in [0.25, 0.3) is 0 Å². The van der Waals surface area contributed by atoms with Crippen molar-refractivity contribution >= 4 is 5.69 Å². The number of halogens is 1. The Morgan fingerprint density at radius 3 is 2.56 bits per heavy atom. The van der Waals surface area contributed by atoms with E-state index in [-0.39, 0.29) is 5.82 Å². The van der Waals surface area contributed by atoms with Crippen molar-refractivity contribution < 1.29 is 4.39 Å². The van der Waals surface area contributed by atoms with Gasteiger partial charge in [0, 0.05) is 6.54 Å². The highest BCUT2D eigenvalue weighted by atomic mass is 19.1. The molecule has 2 nitrogen and oxygen atoms in total. The van der Waals surface area contributed by atoms with Crippen molar-refractivity contribution in [2.75, 3.05) is 11.9 Å². The summed E-state index contributed by atoms with van der Waals surface area (Å²) >= 11 is 0. The lowest BCUT2D eigenvalue weighted by molar-refractivity contribution is 0.517. The molecular weight excluding hydrogens is 203 g/mol. The molecule has 0 amide bonds. The maximum absolute atomic E-state index is 13.5. The van der Waals surface area contributed by atoms with Crippen molar-refractivity contribution in [2.24, 2.45) is 5.92 Å². The highest BCUT2D eigenvalue weighted by Gasteiger charge is 2.06. The average molecular weight is 220 g/mol. The standard InChI is InChI=1S/C13H17FN2/c1-3-10(4-2)9-16-13-6-5-11(8-15)7-12(13)14/h5-7,10,16H,3-4,9H2,1-2H3. The van der Waals surface area contributed by atoms with Crippen LogP contribution in [0.4, 0.5) is 10.1 Å². The summed E-state index contributed by atoms with van der Waals surface area (Å²) in [5.74, 6) is 0.208. The fraction of sp³-hybridized carbons (Fsp3) is 0.462. The van der Waals surface area contributed by atoms with Crippen molar-refractivity contribution in [2.45, 2.75) is 26.7 Å². The Morgan fingerprint density at radius 2 is 2.06 bits per heavy atom. The third kappa shape index (κ3) is 3.23. The molecule has 1 aromatic carbocycles. The second kappa shape index (κ2) is 6.12. The molecule has 0 aliphatic heterocycles. The topological polar surface area (TPSA) is 35.8 Å². The minimum atomic E-state index is -0.356. The van der Waals surface area contributed by atoms with Crippen LogP contribution in [0, 0.1) is 23.1 Å². The SMILES string of the molecule is CCC(CC)CNc1ccc(C#N)cc1F. The van der Waals surface area contributed by atoms with E-state index in [0.717, 1.165) is 19.4 Å². The quantitative estimate of drug-likeness (QED) is 0.823. The Labute approximate surface area is 96.1 Å². The van der Waals surface area contributed by atoms with Gasteiger partial charge in [-0.25, -0.2) is 4.39 Å². The molecule has 16 heavy (non-hydrogen) atoms. The van der Waals surface area contributed by atoms with Gasteiger partial charge < -0.3 is 5.32 Å². The van der Waals surface area contributed by atoms with E-state index in [0.29, 0.717) is 17.2 Å². The lowest BCUT2D eigenvalue weighted by atomic mass is 10.0. The van der Waals surface area contributed by atoms with Crippen molar-refractivity contribution in [1.82, 2.24) is 0 Å². The van der Waals surface area contributed by atoms with E-state index < -0.39 is 0 Å². The normalized spacial score (nSPS) is 10.2. The minimum absolute atomic E-state index is 0.352. The first-order valence-corrected chi connectivity index (χ1v) is 5.64. The van der Waals surface area contributed by atoms with Gasteiger partial charge in [-0.05, 0) is 24.1 Å². The molecule has 0 heterocycles. The lowest BCUT2D eigenvalue weighted by Crippen LogP contribution is -2.13. The van der Waals surface area contributed by atoms with Gasteiger partial charge in [0.1, 0.15) is 5.82 Å². The molecular formula is C13H17FN2. The minimum Gasteiger partial charge on any atom is -0.382 e. The van der Waals surface area contributed by atoms with Gasteiger partial charge in [0.15, 0.2) is 0 Å². The molecule has 1 aromatic rings. The molecule has 0 saturated heterocycles. The molecule has 0 fully saturated rings. The van der Waals surface area contributed by atoms with Crippen molar-refractivity contribution in [3.05, 3.63) is 29.6 Å². The Bertz CT molecular complexity index is 378. The molecule has 0 aliphatic carbocycles. The predicted octanol–water partition coefficient (Wildman–Crippen LogP) is 3.55. The van der Waals surface area contributed by atoms with E-state index in [4.69, 9.17) is 5.26 Å². The molecule has 86 valence electrons. The van der Waals surface area contributed by atoms with Crippen LogP contribution in [0.5, 0.6) is 0 Å². The van der Waals surface area contributed by atoms with E-state index in [2.05, 4.69) is 19.2 Å². The van der Waals surface area contributed by atoms with E-state index >= 15 is 0 Å². The van der Waals surface area contributed by atoms with E-state index in [1.165, 1.54) is 6.07 Å². The Balaban J connectivity index is 2.65. The largest absolute Gasteiger partial charge is 0.382 e. The number of hydrogen-bond donors (Lipinski definition) is 1. The third-order valence-electron chi connectivity index (χ3n) is 2.83. The second-order valence-corrected chi connectivity index (χ2v) is 3.87. The Hall–Kier alpha value is -1.56. The highest BCUT2D eigenvalue weighted by molar-refractivity contribution is 5.48. The fourth-order valence-corrected chi connectivity index (χ4v) is 1.56. The van der Waals surface area contributed by atoms with Gasteiger partial charge >= 0.3 is 0 Å². The van der Waals surface area contributed by atoms with Crippen LogP contribution < -0.4 is 5.32 Å². The fourth-order valence-electron chi connectivity index (χ4n) is 1.56. The van der Waals surface area contributed by atoms with Crippen molar-refractivity contribution in [3.8, 4) is 6.07 Å². The summed E-state index contributed by atoms with van der Waals surface area (Å²) in [6, 6.07) is 6.42. The Morgan fingerprint density at radius 1 is 1.38 bits per heavy atom. The van der Waals surface area contributed by atoms with Crippen LogP contribution in [-0.2, 0) is 0 Å². The maximum Gasteiger partial charge on any atom is 0.147 e. The molecule has 1 rings (SSSR count). The first-order valence-electron chi connectivity index (χ1n) is 5.64. The Kier molecular flexibility index (Phi) is 4.78. The number of benzene rings is 1. The van der Waals surface area contributed by atoms with Gasteiger partial charge in [-0.15, -0.1) is 0 Å². The zero-order chi connectivity index (χ0) is 12.0. The summed E-state index contributed by atoms with van der Waals surface area (Å²) in [6.45, 7) is 5.03. The number of hydrogen-bond acceptors (Lipinski definition) is 2. The van der Waals surface area contributed by atoms with Crippen LogP contribution in [0.1, 0.15) is 32.3 Å². The number of nitrogens with one attached hydrogen (secondary N) is 1. The predicted molar refractivity (Wildman–Crippen MR) is 63.7 cm³/mol. The van der Waals surface area contributed by atoms with Gasteiger partial charge in [0.2, 0.25) is 0 Å². The summed E-state index contributed by atoms with van der Waals surface area (Å²) in [7, 11) is 0. The van der Waals surface area contributed by atoms with Crippen molar-refractivity contribution in [3.63, 3.8) is 0 Å². The molecule has 3 heteroatoms. The number of nitriles is 1. The molecule has 0 spiro atoms. The molecule has 0 saturated carbocycles. The van der Waals surface area contributed by atoms with Crippen molar-refractivity contribution in [1.29, 1.82) is 5.26 Å². The lowest BCUT2D eigenvalue weighted by Gasteiger charge is -2.14. The number of anilines is 1. The zero-order valence-corrected chi connectivity index (χ0v) is 9.76. The zero-order valence-electron chi connectivity index (χ0n) is 9.76. The molecule has 1 N–H and O–H groups in total. The second-order valence-electron chi connectivity index (χ2n) is 3.87. The van der Waals surface area contributed by atoms with Crippen LogP contribution in [0.15, 0.2) is 18.2 Å². The van der Waals surface area contributed by atoms with Crippen LogP contribution >= 0.6 is 0 Å². The molecule has 0 aromatic heterocycles. The molecule has 0 unspecified atom stereocenters. The summed E-state index contributed by atoms with van der Waals surface area (Å²) in [4.78, 5) is 0. The number of rotatable bonds is 5. The summed E-state index contributed by atoms with van der Waals surface area (Å²) < 4.78 is 13.5. The van der Waals surface area contributed by atoms with Gasteiger partial charge in [-0.1, -0.05) is 26.7 Å². The van der Waals surface area contributed by atoms with Crippen LogP contribution in [0.3, 0.4) is 0 Å². The first-order chi connectivity index (χ1) is 7.71. The average Bonchev–Trinajstić information content (AvgIpc) is 2.32. The van der Waals surface area contributed by atoms with Crippen LogP contribution in [0.2, 0.25) is 0 Å². The maximum atomic E-state index is 13.5. The summed E-state index contributed by atoms with van der Waals surface area (Å²) in [6.07, 6.45) is 2.17. The molecule has 0 aliphatic rings. The summed E-state index contributed by atoms with van der Waals surface area (Å²) in [5.41, 5.74) is 0.830. The van der Waals surface area contributed by atoms with E-state index in [1.54, 1.807) is 12.1 Å². The van der Waals surface area contributed by atoms with Crippen LogP contribution in [0.25, 0.3) is 0 Å². The van der Waals surface area contributed by atoms with Gasteiger partial charge in [-0.2, -0.15) is 5.26 Å². The molecule has 0 atom stereocenters. The van der Waals surface area contributed by atoms with Gasteiger partial charge in [-0.3, -0.25) is 0 Å². The third-order valence-corrected chi connectivity index (χ3v) is 2.83. The number of nitrogens with zero attached hydrogens (tertiary/aromatic N) is 1. The monoisotopic (exact) mass is 220 g/mol. The van der Waals surface area contributed by atoms with E-state index in [9.17, 15) is 4.39 Å². The van der Waals surface area contributed by atoms with Crippen LogP contribution in [-0.4, -0.2) is 6.54 Å². The summed E-state index contributed by atoms with van der Waals surface area (Å²) in [5, 5.41) is 11.7. The van der Waals surface area contributed by atoms with E-state index in [1.807, 2.05) is 6.07 Å².